The summed E-state index contributed by atoms with van der Waals surface area (Å²) in [5.74, 6) is 0.177. The van der Waals surface area contributed by atoms with Crippen LogP contribution in [0.15, 0.2) is 22.8 Å². The van der Waals surface area contributed by atoms with E-state index in [0.29, 0.717) is 12.2 Å². The first kappa shape index (κ1) is 11.0. The Bertz CT molecular complexity index is 388. The smallest absolute Gasteiger partial charge is 0.198 e. The van der Waals surface area contributed by atoms with Gasteiger partial charge in [0, 0.05) is 12.7 Å². The maximum Gasteiger partial charge on any atom is 0.198 e. The van der Waals surface area contributed by atoms with Gasteiger partial charge in [0.05, 0.1) is 12.0 Å². The van der Waals surface area contributed by atoms with Crippen molar-refractivity contribution < 1.29 is 17.6 Å². The molecule has 4 nitrogen and oxygen atoms in total. The van der Waals surface area contributed by atoms with Gasteiger partial charge in [-0.05, 0) is 18.6 Å². The SMILES string of the molecule is CS(=O)(=O)CCCC(=O)c1ccco1. The number of furan rings is 1. The topological polar surface area (TPSA) is 64.3 Å². The van der Waals surface area contributed by atoms with Gasteiger partial charge in [-0.1, -0.05) is 0 Å². The van der Waals surface area contributed by atoms with Crippen molar-refractivity contribution in [3.05, 3.63) is 24.2 Å². The van der Waals surface area contributed by atoms with Crippen LogP contribution in [0.4, 0.5) is 0 Å². The molecule has 0 amide bonds. The van der Waals surface area contributed by atoms with E-state index in [-0.39, 0.29) is 18.0 Å². The summed E-state index contributed by atoms with van der Waals surface area (Å²) in [6, 6.07) is 3.20. The minimum absolute atomic E-state index is 0.0411. The van der Waals surface area contributed by atoms with Crippen LogP contribution in [-0.2, 0) is 9.84 Å². The highest BCUT2D eigenvalue weighted by atomic mass is 32.2. The average Bonchev–Trinajstić information content (AvgIpc) is 2.53. The van der Waals surface area contributed by atoms with E-state index in [1.807, 2.05) is 0 Å². The molecule has 1 heterocycles. The summed E-state index contributed by atoms with van der Waals surface area (Å²) in [6.45, 7) is 0. The highest BCUT2D eigenvalue weighted by Gasteiger charge is 2.10. The largest absolute Gasteiger partial charge is 0.461 e. The number of carbonyl (C=O) groups is 1. The zero-order valence-corrected chi connectivity index (χ0v) is 8.71. The lowest BCUT2D eigenvalue weighted by Crippen LogP contribution is -2.06. The molecule has 0 radical (unpaired) electrons. The highest BCUT2D eigenvalue weighted by molar-refractivity contribution is 7.90. The summed E-state index contributed by atoms with van der Waals surface area (Å²) < 4.78 is 26.4. The van der Waals surface area contributed by atoms with Gasteiger partial charge in [0.1, 0.15) is 9.84 Å². The van der Waals surface area contributed by atoms with Crippen LogP contribution in [-0.4, -0.2) is 26.2 Å². The van der Waals surface area contributed by atoms with Gasteiger partial charge in [0.25, 0.3) is 0 Å². The molecule has 0 saturated carbocycles. The number of hydrogen-bond acceptors (Lipinski definition) is 4. The number of carbonyl (C=O) groups excluding carboxylic acids is 1. The molecular formula is C9H12O4S. The molecule has 14 heavy (non-hydrogen) atoms. The zero-order chi connectivity index (χ0) is 10.6. The van der Waals surface area contributed by atoms with Crippen molar-refractivity contribution >= 4 is 15.6 Å². The second kappa shape index (κ2) is 4.41. The van der Waals surface area contributed by atoms with E-state index in [9.17, 15) is 13.2 Å². The van der Waals surface area contributed by atoms with Gasteiger partial charge in [-0.15, -0.1) is 0 Å². The van der Waals surface area contributed by atoms with Crippen LogP contribution in [0.2, 0.25) is 0 Å². The van der Waals surface area contributed by atoms with Crippen LogP contribution >= 0.6 is 0 Å². The van der Waals surface area contributed by atoms with Gasteiger partial charge in [-0.25, -0.2) is 8.42 Å². The van der Waals surface area contributed by atoms with Crippen LogP contribution in [0.1, 0.15) is 23.4 Å². The molecule has 0 aliphatic rings. The molecule has 1 rings (SSSR count). The van der Waals surface area contributed by atoms with Gasteiger partial charge in [-0.2, -0.15) is 0 Å². The number of ketones is 1. The Kier molecular flexibility index (Phi) is 3.46. The van der Waals surface area contributed by atoms with E-state index < -0.39 is 9.84 Å². The first-order valence-corrected chi connectivity index (χ1v) is 6.29. The first-order valence-electron chi connectivity index (χ1n) is 4.23. The Morgan fingerprint density at radius 3 is 2.71 bits per heavy atom. The van der Waals surface area contributed by atoms with Gasteiger partial charge >= 0.3 is 0 Å². The summed E-state index contributed by atoms with van der Waals surface area (Å²) in [5, 5.41) is 0. The molecule has 0 bridgehead atoms. The molecule has 0 aliphatic heterocycles. The van der Waals surface area contributed by atoms with Crippen molar-refractivity contribution in [2.75, 3.05) is 12.0 Å². The summed E-state index contributed by atoms with van der Waals surface area (Å²) in [6.07, 6.45) is 3.13. The third-order valence-corrected chi connectivity index (χ3v) is 2.75. The predicted octanol–water partition coefficient (Wildman–Crippen LogP) is 1.29. The molecule has 0 aromatic carbocycles. The van der Waals surface area contributed by atoms with E-state index in [1.54, 1.807) is 12.1 Å². The normalized spacial score (nSPS) is 11.5. The minimum Gasteiger partial charge on any atom is -0.461 e. The van der Waals surface area contributed by atoms with E-state index >= 15 is 0 Å². The summed E-state index contributed by atoms with van der Waals surface area (Å²) in [4.78, 5) is 11.3. The van der Waals surface area contributed by atoms with Crippen LogP contribution in [0.3, 0.4) is 0 Å². The molecule has 1 aromatic heterocycles. The quantitative estimate of drug-likeness (QED) is 0.695. The number of hydrogen-bond donors (Lipinski definition) is 0. The second-order valence-electron chi connectivity index (χ2n) is 3.13. The molecule has 5 heteroatoms. The molecule has 0 atom stereocenters. The lowest BCUT2D eigenvalue weighted by molar-refractivity contribution is 0.0955. The predicted molar refractivity (Wildman–Crippen MR) is 52.0 cm³/mol. The fraction of sp³-hybridized carbons (Fsp3) is 0.444. The van der Waals surface area contributed by atoms with Gasteiger partial charge < -0.3 is 4.42 Å². The zero-order valence-electron chi connectivity index (χ0n) is 7.89. The molecule has 0 N–H and O–H groups in total. The van der Waals surface area contributed by atoms with Gasteiger partial charge in [0.15, 0.2) is 11.5 Å². The molecule has 78 valence electrons. The van der Waals surface area contributed by atoms with Crippen LogP contribution in [0.25, 0.3) is 0 Å². The summed E-state index contributed by atoms with van der Waals surface area (Å²) >= 11 is 0. The fourth-order valence-electron chi connectivity index (χ4n) is 1.06. The Morgan fingerprint density at radius 1 is 1.50 bits per heavy atom. The standard InChI is InChI=1S/C9H12O4S/c1-14(11,12)7-3-4-8(10)9-5-2-6-13-9/h2,5-6H,3-4,7H2,1H3. The third kappa shape index (κ3) is 3.74. The molecular weight excluding hydrogens is 204 g/mol. The maximum absolute atomic E-state index is 11.3. The number of sulfone groups is 1. The molecule has 0 unspecified atom stereocenters. The molecule has 0 fully saturated rings. The van der Waals surface area contributed by atoms with Crippen LogP contribution in [0.5, 0.6) is 0 Å². The Balaban J connectivity index is 2.37. The average molecular weight is 216 g/mol. The fourth-order valence-corrected chi connectivity index (χ4v) is 1.72. The van der Waals surface area contributed by atoms with E-state index in [1.165, 1.54) is 6.26 Å². The molecule has 0 aliphatic carbocycles. The third-order valence-electron chi connectivity index (χ3n) is 1.71. The van der Waals surface area contributed by atoms with Crippen molar-refractivity contribution in [3.8, 4) is 0 Å². The maximum atomic E-state index is 11.3. The molecule has 0 saturated heterocycles. The Labute approximate surface area is 82.8 Å². The monoisotopic (exact) mass is 216 g/mol. The second-order valence-corrected chi connectivity index (χ2v) is 5.39. The van der Waals surface area contributed by atoms with Crippen LogP contribution in [0, 0.1) is 0 Å². The van der Waals surface area contributed by atoms with Gasteiger partial charge in [0.2, 0.25) is 0 Å². The Morgan fingerprint density at radius 2 is 2.21 bits per heavy atom. The van der Waals surface area contributed by atoms with Crippen molar-refractivity contribution in [2.24, 2.45) is 0 Å². The van der Waals surface area contributed by atoms with Crippen molar-refractivity contribution in [1.82, 2.24) is 0 Å². The van der Waals surface area contributed by atoms with E-state index in [4.69, 9.17) is 4.42 Å². The number of Topliss-reactive ketones (excluding diaryl/α,β-unsaturated/α-hetero) is 1. The van der Waals surface area contributed by atoms with Gasteiger partial charge in [-0.3, -0.25) is 4.79 Å². The summed E-state index contributed by atoms with van der Waals surface area (Å²) in [7, 11) is -2.97. The van der Waals surface area contributed by atoms with E-state index in [0.717, 1.165) is 6.26 Å². The highest BCUT2D eigenvalue weighted by Crippen LogP contribution is 2.06. The van der Waals surface area contributed by atoms with Crippen molar-refractivity contribution in [3.63, 3.8) is 0 Å². The number of rotatable bonds is 5. The van der Waals surface area contributed by atoms with Crippen molar-refractivity contribution in [2.45, 2.75) is 12.8 Å². The summed E-state index contributed by atoms with van der Waals surface area (Å²) in [5.41, 5.74) is 0. The molecule has 1 aromatic rings. The lowest BCUT2D eigenvalue weighted by Gasteiger charge is -1.96. The molecule has 0 spiro atoms. The minimum atomic E-state index is -2.97. The van der Waals surface area contributed by atoms with Crippen molar-refractivity contribution in [1.29, 1.82) is 0 Å². The first-order chi connectivity index (χ1) is 6.49. The van der Waals surface area contributed by atoms with Crippen LogP contribution < -0.4 is 0 Å². The van der Waals surface area contributed by atoms with E-state index in [2.05, 4.69) is 0 Å². The lowest BCUT2D eigenvalue weighted by atomic mass is 10.2. The Hall–Kier alpha value is -1.10.